The lowest BCUT2D eigenvalue weighted by atomic mass is 9.68. The van der Waals surface area contributed by atoms with Crippen LogP contribution in [0.3, 0.4) is 0 Å². The van der Waals surface area contributed by atoms with Crippen molar-refractivity contribution >= 4 is 11.6 Å². The molecule has 1 saturated carbocycles. The van der Waals surface area contributed by atoms with E-state index in [0.29, 0.717) is 12.0 Å². The molecule has 0 amide bonds. The first-order chi connectivity index (χ1) is 9.40. The molecule has 1 aromatic carbocycles. The number of hydrogen-bond donors (Lipinski definition) is 1. The van der Waals surface area contributed by atoms with E-state index in [1.54, 1.807) is 0 Å². The molecule has 2 atom stereocenters. The van der Waals surface area contributed by atoms with Crippen LogP contribution in [-0.2, 0) is 6.54 Å². The van der Waals surface area contributed by atoms with Crippen molar-refractivity contribution < 1.29 is 0 Å². The molecule has 0 bridgehead atoms. The van der Waals surface area contributed by atoms with E-state index in [9.17, 15) is 0 Å². The van der Waals surface area contributed by atoms with Gasteiger partial charge < -0.3 is 10.6 Å². The summed E-state index contributed by atoms with van der Waals surface area (Å²) >= 11 is 6.23. The molecule has 2 N–H and O–H groups in total. The van der Waals surface area contributed by atoms with Crippen LogP contribution in [0.15, 0.2) is 24.3 Å². The zero-order chi connectivity index (χ0) is 14.8. The summed E-state index contributed by atoms with van der Waals surface area (Å²) in [5.41, 5.74) is 7.94. The molecule has 1 aromatic rings. The topological polar surface area (TPSA) is 29.3 Å². The monoisotopic (exact) mass is 294 g/mol. The molecule has 112 valence electrons. The van der Waals surface area contributed by atoms with Crippen LogP contribution in [0.4, 0.5) is 0 Å². The Hall–Kier alpha value is -0.570. The minimum atomic E-state index is 0.272. The van der Waals surface area contributed by atoms with Crippen LogP contribution in [0.2, 0.25) is 5.02 Å². The molecule has 20 heavy (non-hydrogen) atoms. The Balaban J connectivity index is 1.94. The number of nitrogens with zero attached hydrogens (tertiary/aromatic N) is 1. The highest BCUT2D eigenvalue weighted by atomic mass is 35.5. The van der Waals surface area contributed by atoms with Crippen molar-refractivity contribution in [3.8, 4) is 0 Å². The van der Waals surface area contributed by atoms with Gasteiger partial charge in [0.2, 0.25) is 0 Å². The van der Waals surface area contributed by atoms with Crippen molar-refractivity contribution in [1.29, 1.82) is 0 Å². The van der Waals surface area contributed by atoms with E-state index >= 15 is 0 Å². The predicted molar refractivity (Wildman–Crippen MR) is 86.9 cm³/mol. The average molecular weight is 295 g/mol. The normalized spacial score (nSPS) is 25.9. The smallest absolute Gasteiger partial charge is 0.0451 e. The Morgan fingerprint density at radius 1 is 1.35 bits per heavy atom. The number of rotatable bonds is 4. The fourth-order valence-electron chi connectivity index (χ4n) is 3.39. The molecule has 0 spiro atoms. The Bertz CT molecular complexity index is 444. The fourth-order valence-corrected chi connectivity index (χ4v) is 3.59. The molecule has 0 radical (unpaired) electrons. The molecule has 2 unspecified atom stereocenters. The summed E-state index contributed by atoms with van der Waals surface area (Å²) in [7, 11) is 2.16. The molecular formula is C17H27ClN2. The van der Waals surface area contributed by atoms with Gasteiger partial charge in [-0.1, -0.05) is 50.1 Å². The van der Waals surface area contributed by atoms with Gasteiger partial charge in [-0.25, -0.2) is 0 Å². The molecule has 0 heterocycles. The Labute approximate surface area is 128 Å². The summed E-state index contributed by atoms with van der Waals surface area (Å²) in [4.78, 5) is 2.35. The van der Waals surface area contributed by atoms with Gasteiger partial charge in [0.15, 0.2) is 0 Å². The van der Waals surface area contributed by atoms with Gasteiger partial charge >= 0.3 is 0 Å². The first-order valence-corrected chi connectivity index (χ1v) is 7.95. The van der Waals surface area contributed by atoms with E-state index in [1.807, 2.05) is 18.2 Å². The fraction of sp³-hybridized carbons (Fsp3) is 0.647. The Morgan fingerprint density at radius 2 is 2.05 bits per heavy atom. The molecule has 1 fully saturated rings. The lowest BCUT2D eigenvalue weighted by Gasteiger charge is -2.43. The van der Waals surface area contributed by atoms with Gasteiger partial charge in [0, 0.05) is 24.2 Å². The van der Waals surface area contributed by atoms with Crippen LogP contribution in [0.5, 0.6) is 0 Å². The highest BCUT2D eigenvalue weighted by Gasteiger charge is 2.36. The van der Waals surface area contributed by atoms with E-state index in [2.05, 4.69) is 31.9 Å². The van der Waals surface area contributed by atoms with Crippen molar-refractivity contribution in [2.75, 3.05) is 13.6 Å². The van der Waals surface area contributed by atoms with Gasteiger partial charge in [0.25, 0.3) is 0 Å². The Kier molecular flexibility index (Phi) is 5.11. The zero-order valence-corrected chi connectivity index (χ0v) is 13.7. The van der Waals surface area contributed by atoms with E-state index in [1.165, 1.54) is 24.8 Å². The van der Waals surface area contributed by atoms with Crippen molar-refractivity contribution in [3.05, 3.63) is 34.9 Å². The second kappa shape index (κ2) is 6.46. The highest BCUT2D eigenvalue weighted by molar-refractivity contribution is 6.31. The van der Waals surface area contributed by atoms with Crippen LogP contribution < -0.4 is 5.73 Å². The number of nitrogens with two attached hydrogens (primary N) is 1. The predicted octanol–water partition coefficient (Wildman–Crippen LogP) is 3.93. The maximum atomic E-state index is 6.48. The van der Waals surface area contributed by atoms with E-state index in [-0.39, 0.29) is 5.41 Å². The number of benzene rings is 1. The zero-order valence-electron chi connectivity index (χ0n) is 12.9. The van der Waals surface area contributed by atoms with Crippen molar-refractivity contribution in [1.82, 2.24) is 4.90 Å². The number of halogens is 1. The first kappa shape index (κ1) is 15.8. The summed E-state index contributed by atoms with van der Waals surface area (Å²) in [6.07, 6.45) is 3.79. The van der Waals surface area contributed by atoms with E-state index in [0.717, 1.165) is 18.1 Å². The highest BCUT2D eigenvalue weighted by Crippen LogP contribution is 2.38. The van der Waals surface area contributed by atoms with Gasteiger partial charge in [-0.05, 0) is 42.9 Å². The molecule has 0 saturated heterocycles. The molecule has 1 aliphatic carbocycles. The van der Waals surface area contributed by atoms with Crippen molar-refractivity contribution in [3.63, 3.8) is 0 Å². The Morgan fingerprint density at radius 3 is 2.75 bits per heavy atom. The van der Waals surface area contributed by atoms with E-state index in [4.69, 9.17) is 17.3 Å². The lowest BCUT2D eigenvalue weighted by Crippen LogP contribution is -2.49. The third-order valence-electron chi connectivity index (χ3n) is 4.75. The summed E-state index contributed by atoms with van der Waals surface area (Å²) in [6.45, 7) is 6.55. The average Bonchev–Trinajstić information content (AvgIpc) is 2.38. The van der Waals surface area contributed by atoms with Crippen LogP contribution in [-0.4, -0.2) is 24.5 Å². The second-order valence-electron chi connectivity index (χ2n) is 6.95. The summed E-state index contributed by atoms with van der Waals surface area (Å²) in [6, 6.07) is 8.38. The van der Waals surface area contributed by atoms with Crippen LogP contribution >= 0.6 is 11.6 Å². The quantitative estimate of drug-likeness (QED) is 0.912. The van der Waals surface area contributed by atoms with Gasteiger partial charge in [-0.2, -0.15) is 0 Å². The van der Waals surface area contributed by atoms with Crippen LogP contribution in [0, 0.1) is 11.3 Å². The molecule has 1 aliphatic rings. The summed E-state index contributed by atoms with van der Waals surface area (Å²) < 4.78 is 0. The van der Waals surface area contributed by atoms with Gasteiger partial charge in [0.1, 0.15) is 0 Å². The third kappa shape index (κ3) is 3.75. The molecule has 3 heteroatoms. The second-order valence-corrected chi connectivity index (χ2v) is 7.36. The minimum Gasteiger partial charge on any atom is -0.327 e. The lowest BCUT2D eigenvalue weighted by molar-refractivity contribution is 0.109. The minimum absolute atomic E-state index is 0.272. The van der Waals surface area contributed by atoms with E-state index < -0.39 is 0 Å². The van der Waals surface area contributed by atoms with Gasteiger partial charge in [-0.15, -0.1) is 0 Å². The van der Waals surface area contributed by atoms with Crippen molar-refractivity contribution in [2.24, 2.45) is 17.1 Å². The number of hydrogen-bond acceptors (Lipinski definition) is 2. The standard InChI is InChI=1S/C17H27ClN2/c1-17(2)10-6-8-14(16(17)19)12-20(3)11-13-7-4-5-9-15(13)18/h4-5,7,9,14,16H,6,8,10-12,19H2,1-3H3. The third-order valence-corrected chi connectivity index (χ3v) is 5.12. The summed E-state index contributed by atoms with van der Waals surface area (Å²) in [5.74, 6) is 0.589. The molecular weight excluding hydrogens is 268 g/mol. The first-order valence-electron chi connectivity index (χ1n) is 7.57. The van der Waals surface area contributed by atoms with Gasteiger partial charge in [0.05, 0.1) is 0 Å². The maximum absolute atomic E-state index is 6.48. The molecule has 2 rings (SSSR count). The molecule has 0 aliphatic heterocycles. The van der Waals surface area contributed by atoms with Crippen LogP contribution in [0.1, 0.15) is 38.7 Å². The SMILES string of the molecule is CN(Cc1ccccc1Cl)CC1CCCC(C)(C)C1N. The van der Waals surface area contributed by atoms with Gasteiger partial charge in [-0.3, -0.25) is 0 Å². The van der Waals surface area contributed by atoms with Crippen molar-refractivity contribution in [2.45, 2.75) is 45.7 Å². The largest absolute Gasteiger partial charge is 0.327 e. The van der Waals surface area contributed by atoms with Crippen LogP contribution in [0.25, 0.3) is 0 Å². The molecule has 0 aromatic heterocycles. The molecule has 2 nitrogen and oxygen atoms in total. The summed E-state index contributed by atoms with van der Waals surface area (Å²) in [5, 5.41) is 0.854. The maximum Gasteiger partial charge on any atom is 0.0451 e.